The van der Waals surface area contributed by atoms with Gasteiger partial charge in [-0.25, -0.2) is 0 Å². The Morgan fingerprint density at radius 2 is 1.55 bits per heavy atom. The van der Waals surface area contributed by atoms with Crippen LogP contribution < -0.4 is 10.1 Å². The number of aliphatic hydroxyl groups excluding tert-OH is 7. The molecule has 0 bridgehead atoms. The highest BCUT2D eigenvalue weighted by molar-refractivity contribution is 5.94. The van der Waals surface area contributed by atoms with Gasteiger partial charge in [0.1, 0.15) is 42.4 Å². The first-order valence-corrected chi connectivity index (χ1v) is 10.6. The molecule has 10 atom stereocenters. The average molecular weight is 473 g/mol. The summed E-state index contributed by atoms with van der Waals surface area (Å²) in [5, 5.41) is 73.3. The van der Waals surface area contributed by atoms with Crippen molar-refractivity contribution in [3.63, 3.8) is 0 Å². The quantitative estimate of drug-likeness (QED) is 0.197. The molecular formula is C21H31NO11. The van der Waals surface area contributed by atoms with Gasteiger partial charge in [-0.05, 0) is 24.6 Å². The molecule has 2 aliphatic heterocycles. The highest BCUT2D eigenvalue weighted by Crippen LogP contribution is 2.34. The van der Waals surface area contributed by atoms with Crippen LogP contribution in [-0.2, 0) is 9.47 Å². The summed E-state index contributed by atoms with van der Waals surface area (Å²) in [7, 11) is 1.47. The van der Waals surface area contributed by atoms with Crippen LogP contribution in [-0.4, -0.2) is 117 Å². The summed E-state index contributed by atoms with van der Waals surface area (Å²) in [6.45, 7) is -1.22. The second kappa shape index (κ2) is 11.0. The molecular weight excluding hydrogens is 442 g/mol. The predicted molar refractivity (Wildman–Crippen MR) is 110 cm³/mol. The van der Waals surface area contributed by atoms with Gasteiger partial charge in [-0.15, -0.1) is 0 Å². The van der Waals surface area contributed by atoms with E-state index in [1.54, 1.807) is 12.1 Å². The van der Waals surface area contributed by atoms with Crippen molar-refractivity contribution in [3.05, 3.63) is 29.8 Å². The van der Waals surface area contributed by atoms with Crippen LogP contribution in [0.2, 0.25) is 0 Å². The minimum Gasteiger partial charge on any atom is -0.462 e. The molecule has 1 aromatic carbocycles. The van der Waals surface area contributed by atoms with Crippen molar-refractivity contribution < 1.29 is 54.8 Å². The Morgan fingerprint density at radius 3 is 2.18 bits per heavy atom. The fraction of sp³-hybridized carbons (Fsp3) is 0.667. The largest absolute Gasteiger partial charge is 0.462 e. The zero-order valence-electron chi connectivity index (χ0n) is 18.0. The van der Waals surface area contributed by atoms with Crippen LogP contribution in [0.15, 0.2) is 24.3 Å². The first-order chi connectivity index (χ1) is 15.7. The Hall–Kier alpha value is -1.87. The average Bonchev–Trinajstić information content (AvgIpc) is 2.83. The fourth-order valence-corrected chi connectivity index (χ4v) is 4.17. The van der Waals surface area contributed by atoms with Crippen molar-refractivity contribution in [1.29, 1.82) is 0 Å². The maximum absolute atomic E-state index is 11.9. The van der Waals surface area contributed by atoms with Crippen LogP contribution in [0.3, 0.4) is 0 Å². The Kier molecular flexibility index (Phi) is 8.61. The van der Waals surface area contributed by atoms with E-state index >= 15 is 0 Å². The molecule has 0 aliphatic carbocycles. The fourth-order valence-electron chi connectivity index (χ4n) is 4.17. The lowest BCUT2D eigenvalue weighted by molar-refractivity contribution is -0.278. The summed E-state index contributed by atoms with van der Waals surface area (Å²) in [5.41, 5.74) is 0.303. The number of aliphatic hydroxyl groups is 7. The first-order valence-electron chi connectivity index (χ1n) is 10.6. The SMILES string of the molecule is CNC(=O)c1cccc(O[C@H]2O[C@H](CO)[C@@H](O)[C@H](C[C@H]3O[C@H](CO)[C@@H](O)[C@H](O)[C@@H]3O)[C@@H]2O)c1. The topological polar surface area (TPSA) is 198 Å². The molecule has 12 nitrogen and oxygen atoms in total. The van der Waals surface area contributed by atoms with Crippen LogP contribution in [0.5, 0.6) is 5.75 Å². The number of ether oxygens (including phenoxy) is 3. The molecule has 2 heterocycles. The predicted octanol–water partition coefficient (Wildman–Crippen LogP) is -3.29. The number of nitrogens with one attached hydrogen (secondary N) is 1. The molecule has 0 radical (unpaired) electrons. The smallest absolute Gasteiger partial charge is 0.251 e. The minimum atomic E-state index is -1.61. The zero-order chi connectivity index (χ0) is 24.3. The van der Waals surface area contributed by atoms with Gasteiger partial charge in [-0.1, -0.05) is 6.07 Å². The van der Waals surface area contributed by atoms with E-state index in [4.69, 9.17) is 14.2 Å². The summed E-state index contributed by atoms with van der Waals surface area (Å²) in [6, 6.07) is 6.10. The van der Waals surface area contributed by atoms with Crippen LogP contribution >= 0.6 is 0 Å². The van der Waals surface area contributed by atoms with E-state index in [0.29, 0.717) is 5.56 Å². The Labute approximate surface area is 190 Å². The zero-order valence-corrected chi connectivity index (χ0v) is 18.0. The molecule has 1 aromatic rings. The van der Waals surface area contributed by atoms with E-state index in [-0.39, 0.29) is 18.1 Å². The molecule has 2 saturated heterocycles. The van der Waals surface area contributed by atoms with E-state index in [1.165, 1.54) is 19.2 Å². The standard InChI is InChI=1S/C21H31NO11/c1-22-20(30)9-3-2-4-10(5-9)31-21-16(26)11(15(25)13(7-23)33-21)6-12-17(27)19(29)18(28)14(8-24)32-12/h2-5,11-19,21,23-29H,6-8H2,1H3,(H,22,30)/t11-,12+,13+,14+,15-,16-,17+,18+,19+,21-/m0/s1. The molecule has 2 aliphatic rings. The normalized spacial score (nSPS) is 39.2. The van der Waals surface area contributed by atoms with Gasteiger partial charge in [0.2, 0.25) is 6.29 Å². The van der Waals surface area contributed by atoms with Crippen LogP contribution in [0.25, 0.3) is 0 Å². The van der Waals surface area contributed by atoms with Crippen LogP contribution in [0.1, 0.15) is 16.8 Å². The number of rotatable bonds is 7. The van der Waals surface area contributed by atoms with Gasteiger partial charge in [0.15, 0.2) is 0 Å². The molecule has 8 N–H and O–H groups in total. The summed E-state index contributed by atoms with van der Waals surface area (Å²) < 4.78 is 16.7. The number of carbonyl (C=O) groups is 1. The highest BCUT2D eigenvalue weighted by atomic mass is 16.7. The van der Waals surface area contributed by atoms with E-state index in [0.717, 1.165) is 0 Å². The third kappa shape index (κ3) is 5.45. The van der Waals surface area contributed by atoms with Gasteiger partial charge >= 0.3 is 0 Å². The Balaban J connectivity index is 1.78. The molecule has 0 aromatic heterocycles. The second-order valence-electron chi connectivity index (χ2n) is 8.20. The van der Waals surface area contributed by atoms with Crippen molar-refractivity contribution in [2.24, 2.45) is 5.92 Å². The highest BCUT2D eigenvalue weighted by Gasteiger charge is 2.50. The van der Waals surface area contributed by atoms with E-state index in [2.05, 4.69) is 5.32 Å². The number of hydrogen-bond acceptors (Lipinski definition) is 11. The Morgan fingerprint density at radius 1 is 0.909 bits per heavy atom. The third-order valence-corrected chi connectivity index (χ3v) is 6.10. The lowest BCUT2D eigenvalue weighted by Crippen LogP contribution is -2.62. The van der Waals surface area contributed by atoms with E-state index in [9.17, 15) is 40.5 Å². The second-order valence-corrected chi connectivity index (χ2v) is 8.20. The van der Waals surface area contributed by atoms with Crippen molar-refractivity contribution >= 4 is 5.91 Å². The van der Waals surface area contributed by atoms with E-state index in [1.807, 2.05) is 0 Å². The number of carbonyl (C=O) groups excluding carboxylic acids is 1. The molecule has 0 unspecified atom stereocenters. The summed E-state index contributed by atoms with van der Waals surface area (Å²) >= 11 is 0. The molecule has 3 rings (SSSR count). The Bertz CT molecular complexity index is 793. The van der Waals surface area contributed by atoms with Crippen molar-refractivity contribution in [2.75, 3.05) is 20.3 Å². The maximum Gasteiger partial charge on any atom is 0.251 e. The van der Waals surface area contributed by atoms with E-state index < -0.39 is 74.3 Å². The van der Waals surface area contributed by atoms with Crippen molar-refractivity contribution in [1.82, 2.24) is 5.32 Å². The molecule has 12 heteroatoms. The molecule has 0 saturated carbocycles. The molecule has 1 amide bonds. The lowest BCUT2D eigenvalue weighted by Gasteiger charge is -2.46. The molecule has 2 fully saturated rings. The van der Waals surface area contributed by atoms with Gasteiger partial charge in [0.25, 0.3) is 5.91 Å². The van der Waals surface area contributed by atoms with Gasteiger partial charge in [0, 0.05) is 18.5 Å². The number of benzene rings is 1. The van der Waals surface area contributed by atoms with Gasteiger partial charge in [0.05, 0.1) is 25.4 Å². The lowest BCUT2D eigenvalue weighted by atomic mass is 9.81. The molecule has 33 heavy (non-hydrogen) atoms. The van der Waals surface area contributed by atoms with Crippen molar-refractivity contribution in [3.8, 4) is 5.75 Å². The third-order valence-electron chi connectivity index (χ3n) is 6.10. The van der Waals surface area contributed by atoms with Crippen LogP contribution in [0, 0.1) is 5.92 Å². The molecule has 186 valence electrons. The van der Waals surface area contributed by atoms with Crippen LogP contribution in [0.4, 0.5) is 0 Å². The van der Waals surface area contributed by atoms with Gasteiger partial charge in [-0.3, -0.25) is 4.79 Å². The summed E-state index contributed by atoms with van der Waals surface area (Å²) in [5.74, 6) is -1.20. The summed E-state index contributed by atoms with van der Waals surface area (Å²) in [4.78, 5) is 11.9. The first kappa shape index (κ1) is 25.7. The maximum atomic E-state index is 11.9. The summed E-state index contributed by atoms with van der Waals surface area (Å²) in [6.07, 6.45) is -12.5. The van der Waals surface area contributed by atoms with Crippen molar-refractivity contribution in [2.45, 2.75) is 61.5 Å². The number of amides is 1. The molecule has 0 spiro atoms. The monoisotopic (exact) mass is 473 g/mol. The van der Waals surface area contributed by atoms with Gasteiger partial charge < -0.3 is 55.3 Å². The van der Waals surface area contributed by atoms with Gasteiger partial charge in [-0.2, -0.15) is 0 Å². The minimum absolute atomic E-state index is 0.194. The number of hydrogen-bond donors (Lipinski definition) is 8.